The van der Waals surface area contributed by atoms with Crippen molar-refractivity contribution in [2.24, 2.45) is 5.92 Å². The highest BCUT2D eigenvalue weighted by Crippen LogP contribution is 2.23. The number of hydrogen-bond acceptors (Lipinski definition) is 6. The number of sulfone groups is 1. The molecule has 0 saturated carbocycles. The van der Waals surface area contributed by atoms with E-state index in [2.05, 4.69) is 5.32 Å². The molecule has 0 radical (unpaired) electrons. The molecule has 2 heterocycles. The quantitative estimate of drug-likeness (QED) is 0.807. The predicted octanol–water partition coefficient (Wildman–Crippen LogP) is 2.65. The topological polar surface area (TPSA) is 89.5 Å². The second-order valence-electron chi connectivity index (χ2n) is 5.90. The van der Waals surface area contributed by atoms with Crippen LogP contribution in [0, 0.1) is 12.8 Å². The molecule has 8 heteroatoms. The Balaban J connectivity index is 1.69. The van der Waals surface area contributed by atoms with Gasteiger partial charge in [-0.3, -0.25) is 9.59 Å². The highest BCUT2D eigenvalue weighted by Gasteiger charge is 2.32. The number of nitrogens with one attached hydrogen (secondary N) is 1. The first-order valence-electron chi connectivity index (χ1n) is 7.71. The number of aryl methyl sites for hydroxylation is 1. The van der Waals surface area contributed by atoms with Gasteiger partial charge in [0.05, 0.1) is 28.1 Å². The van der Waals surface area contributed by atoms with Crippen LogP contribution in [-0.2, 0) is 19.4 Å². The van der Waals surface area contributed by atoms with Crippen molar-refractivity contribution in [3.8, 4) is 0 Å². The van der Waals surface area contributed by atoms with E-state index < -0.39 is 21.7 Å². The summed E-state index contributed by atoms with van der Waals surface area (Å²) in [6.07, 6.45) is 0.423. The summed E-state index contributed by atoms with van der Waals surface area (Å²) in [7, 11) is -3.58. The highest BCUT2D eigenvalue weighted by atomic mass is 32.2. The van der Waals surface area contributed by atoms with Crippen LogP contribution in [0.1, 0.15) is 21.7 Å². The number of ether oxygens (including phenoxy) is 1. The third kappa shape index (κ3) is 4.08. The second kappa shape index (κ2) is 6.97. The van der Waals surface area contributed by atoms with Crippen LogP contribution in [-0.4, -0.2) is 32.7 Å². The molecule has 1 fully saturated rings. The van der Waals surface area contributed by atoms with E-state index in [0.29, 0.717) is 17.0 Å². The molecule has 1 saturated heterocycles. The molecule has 1 unspecified atom stereocenters. The fourth-order valence-corrected chi connectivity index (χ4v) is 4.91. The number of esters is 1. The first-order chi connectivity index (χ1) is 11.8. The van der Waals surface area contributed by atoms with Crippen molar-refractivity contribution in [3.63, 3.8) is 0 Å². The SMILES string of the molecule is Cc1csc(C(=O)Nc2ccc(S(=O)(=O)CC3CCOC3=O)cc2)c1. The lowest BCUT2D eigenvalue weighted by molar-refractivity contribution is -0.140. The van der Waals surface area contributed by atoms with Crippen LogP contribution in [0.25, 0.3) is 0 Å². The number of hydrogen-bond donors (Lipinski definition) is 1. The Morgan fingerprint density at radius 1 is 1.32 bits per heavy atom. The monoisotopic (exact) mass is 379 g/mol. The van der Waals surface area contributed by atoms with Gasteiger partial charge < -0.3 is 10.1 Å². The first-order valence-corrected chi connectivity index (χ1v) is 10.2. The van der Waals surface area contributed by atoms with Crippen LogP contribution < -0.4 is 5.32 Å². The fraction of sp³-hybridized carbons (Fsp3) is 0.294. The average molecular weight is 379 g/mol. The van der Waals surface area contributed by atoms with Crippen LogP contribution in [0.4, 0.5) is 5.69 Å². The smallest absolute Gasteiger partial charge is 0.310 e. The molecule has 1 aromatic carbocycles. The molecule has 1 aliphatic rings. The largest absolute Gasteiger partial charge is 0.465 e. The van der Waals surface area contributed by atoms with Crippen molar-refractivity contribution in [1.82, 2.24) is 0 Å². The minimum atomic E-state index is -3.58. The minimum absolute atomic E-state index is 0.122. The van der Waals surface area contributed by atoms with Gasteiger partial charge in [-0.25, -0.2) is 8.42 Å². The molecule has 1 aromatic heterocycles. The van der Waals surface area contributed by atoms with Crippen molar-refractivity contribution in [2.45, 2.75) is 18.2 Å². The predicted molar refractivity (Wildman–Crippen MR) is 94.6 cm³/mol. The summed E-state index contributed by atoms with van der Waals surface area (Å²) in [6, 6.07) is 7.74. The molecular weight excluding hydrogens is 362 g/mol. The van der Waals surface area contributed by atoms with Crippen molar-refractivity contribution in [2.75, 3.05) is 17.7 Å². The minimum Gasteiger partial charge on any atom is -0.465 e. The van der Waals surface area contributed by atoms with Crippen LogP contribution in [0.5, 0.6) is 0 Å². The zero-order valence-electron chi connectivity index (χ0n) is 13.5. The number of carbonyl (C=O) groups is 2. The lowest BCUT2D eigenvalue weighted by Crippen LogP contribution is -2.20. The summed E-state index contributed by atoms with van der Waals surface area (Å²) >= 11 is 1.35. The Bertz CT molecular complexity index is 899. The summed E-state index contributed by atoms with van der Waals surface area (Å²) in [4.78, 5) is 24.3. The van der Waals surface area contributed by atoms with Crippen molar-refractivity contribution in [1.29, 1.82) is 0 Å². The number of rotatable bonds is 5. The third-order valence-corrected chi connectivity index (χ3v) is 6.77. The molecule has 1 N–H and O–H groups in total. The van der Waals surface area contributed by atoms with Crippen LogP contribution >= 0.6 is 11.3 Å². The van der Waals surface area contributed by atoms with E-state index in [9.17, 15) is 18.0 Å². The Labute approximate surface area is 149 Å². The van der Waals surface area contributed by atoms with Gasteiger partial charge in [-0.1, -0.05) is 0 Å². The molecule has 1 atom stereocenters. The van der Waals surface area contributed by atoms with Crippen LogP contribution in [0.3, 0.4) is 0 Å². The summed E-state index contributed by atoms with van der Waals surface area (Å²) in [5.74, 6) is -1.56. The number of cyclic esters (lactones) is 1. The van der Waals surface area contributed by atoms with Crippen molar-refractivity contribution < 1.29 is 22.7 Å². The lowest BCUT2D eigenvalue weighted by Gasteiger charge is -2.09. The molecule has 2 aromatic rings. The van der Waals surface area contributed by atoms with Crippen molar-refractivity contribution in [3.05, 3.63) is 46.2 Å². The molecule has 1 amide bonds. The lowest BCUT2D eigenvalue weighted by atomic mass is 10.1. The summed E-state index contributed by atoms with van der Waals surface area (Å²) < 4.78 is 29.6. The van der Waals surface area contributed by atoms with E-state index in [1.54, 1.807) is 6.07 Å². The second-order valence-corrected chi connectivity index (χ2v) is 8.85. The van der Waals surface area contributed by atoms with Crippen LogP contribution in [0.15, 0.2) is 40.6 Å². The van der Waals surface area contributed by atoms with E-state index in [-0.39, 0.29) is 23.2 Å². The van der Waals surface area contributed by atoms with Crippen LogP contribution in [0.2, 0.25) is 0 Å². The molecule has 3 rings (SSSR count). The number of anilines is 1. The fourth-order valence-electron chi connectivity index (χ4n) is 2.54. The highest BCUT2D eigenvalue weighted by molar-refractivity contribution is 7.91. The zero-order chi connectivity index (χ0) is 18.0. The van der Waals surface area contributed by atoms with E-state index in [4.69, 9.17) is 4.74 Å². The van der Waals surface area contributed by atoms with E-state index in [1.165, 1.54) is 35.6 Å². The van der Waals surface area contributed by atoms with Gasteiger partial charge in [-0.2, -0.15) is 0 Å². The third-order valence-electron chi connectivity index (χ3n) is 3.89. The molecule has 132 valence electrons. The zero-order valence-corrected chi connectivity index (χ0v) is 15.2. The Morgan fingerprint density at radius 3 is 2.60 bits per heavy atom. The molecule has 0 spiro atoms. The molecule has 0 bridgehead atoms. The average Bonchev–Trinajstić information content (AvgIpc) is 3.17. The molecule has 6 nitrogen and oxygen atoms in total. The summed E-state index contributed by atoms with van der Waals surface area (Å²) in [5, 5.41) is 4.62. The Morgan fingerprint density at radius 2 is 2.04 bits per heavy atom. The van der Waals surface area contributed by atoms with E-state index >= 15 is 0 Å². The van der Waals surface area contributed by atoms with Gasteiger partial charge in [0.25, 0.3) is 5.91 Å². The molecular formula is C17H17NO5S2. The maximum atomic E-state index is 12.4. The Hall–Kier alpha value is -2.19. The van der Waals surface area contributed by atoms with E-state index in [1.807, 2.05) is 12.3 Å². The maximum absolute atomic E-state index is 12.4. The van der Waals surface area contributed by atoms with Gasteiger partial charge >= 0.3 is 5.97 Å². The number of carbonyl (C=O) groups excluding carboxylic acids is 2. The van der Waals surface area contributed by atoms with Gasteiger partial charge in [0, 0.05) is 5.69 Å². The molecule has 0 aliphatic carbocycles. The van der Waals surface area contributed by atoms with Gasteiger partial charge in [0.1, 0.15) is 0 Å². The Kier molecular flexibility index (Phi) is 4.91. The summed E-state index contributed by atoms with van der Waals surface area (Å²) in [6.45, 7) is 2.18. The standard InChI is InChI=1S/C17H17NO5S2/c1-11-8-15(24-9-11)16(19)18-13-2-4-14(5-3-13)25(21,22)10-12-6-7-23-17(12)20/h2-5,8-9,12H,6-7,10H2,1H3,(H,18,19). The van der Waals surface area contributed by atoms with Gasteiger partial charge in [-0.15, -0.1) is 11.3 Å². The maximum Gasteiger partial charge on any atom is 0.310 e. The number of amides is 1. The number of benzene rings is 1. The molecule has 1 aliphatic heterocycles. The van der Waals surface area contributed by atoms with Crippen molar-refractivity contribution >= 4 is 38.7 Å². The first kappa shape index (κ1) is 17.6. The van der Waals surface area contributed by atoms with Gasteiger partial charge in [0.15, 0.2) is 9.84 Å². The summed E-state index contributed by atoms with van der Waals surface area (Å²) in [5.41, 5.74) is 1.53. The van der Waals surface area contributed by atoms with Gasteiger partial charge in [-0.05, 0) is 54.6 Å². The van der Waals surface area contributed by atoms with Gasteiger partial charge in [0.2, 0.25) is 0 Å². The molecule has 25 heavy (non-hydrogen) atoms. The van der Waals surface area contributed by atoms with E-state index in [0.717, 1.165) is 5.56 Å². The number of thiophene rings is 1. The normalized spacial score (nSPS) is 17.3.